The summed E-state index contributed by atoms with van der Waals surface area (Å²) in [5.41, 5.74) is -0.00215. The molecule has 1 heterocycles. The Morgan fingerprint density at radius 1 is 1.35 bits per heavy atom. The van der Waals surface area contributed by atoms with Crippen LogP contribution in [0.3, 0.4) is 0 Å². The Bertz CT molecular complexity index is 676. The van der Waals surface area contributed by atoms with Gasteiger partial charge in [0.15, 0.2) is 0 Å². The van der Waals surface area contributed by atoms with Gasteiger partial charge in [0.1, 0.15) is 5.03 Å². The second kappa shape index (κ2) is 5.89. The second-order valence-electron chi connectivity index (χ2n) is 3.67. The van der Waals surface area contributed by atoms with Crippen LogP contribution < -0.4 is 0 Å². The van der Waals surface area contributed by atoms with E-state index in [0.717, 1.165) is 0 Å². The van der Waals surface area contributed by atoms with Gasteiger partial charge in [-0.25, -0.2) is 9.78 Å². The van der Waals surface area contributed by atoms with Crippen LogP contribution in [0, 0.1) is 10.1 Å². The molecular weight excluding hydrogens is 304 g/mol. The topological polar surface area (TPSA) is 93.3 Å². The summed E-state index contributed by atoms with van der Waals surface area (Å²) in [6.07, 6.45) is 1.21. The first-order valence-corrected chi connectivity index (χ1v) is 6.48. The van der Waals surface area contributed by atoms with Crippen LogP contribution in [0.15, 0.2) is 46.5 Å². The number of benzene rings is 1. The number of nitro benzene ring substituents is 1. The second-order valence-corrected chi connectivity index (χ2v) is 5.14. The van der Waals surface area contributed by atoms with Gasteiger partial charge < -0.3 is 5.11 Å². The molecule has 0 saturated carbocycles. The minimum Gasteiger partial charge on any atom is -0.478 e. The Balaban J connectivity index is 2.21. The van der Waals surface area contributed by atoms with Crippen molar-refractivity contribution in [2.45, 2.75) is 9.92 Å². The van der Waals surface area contributed by atoms with E-state index < -0.39 is 10.9 Å². The Kier molecular flexibility index (Phi) is 4.21. The highest BCUT2D eigenvalue weighted by atomic mass is 35.5. The largest absolute Gasteiger partial charge is 0.478 e. The van der Waals surface area contributed by atoms with Crippen LogP contribution in [0.2, 0.25) is 5.02 Å². The Hall–Kier alpha value is -2.12. The highest BCUT2D eigenvalue weighted by Gasteiger charge is 2.11. The van der Waals surface area contributed by atoms with Crippen LogP contribution in [0.5, 0.6) is 0 Å². The molecule has 0 unspecified atom stereocenters. The molecule has 102 valence electrons. The molecule has 20 heavy (non-hydrogen) atoms. The Morgan fingerprint density at radius 2 is 2.00 bits per heavy atom. The van der Waals surface area contributed by atoms with Crippen molar-refractivity contribution in [2.75, 3.05) is 0 Å². The van der Waals surface area contributed by atoms with Gasteiger partial charge in [-0.1, -0.05) is 23.4 Å². The standard InChI is InChI=1S/C12H7ClN2O4S/c13-10-5-7(12(16)17)6-14-11(10)20-9-3-1-8(2-4-9)15(18)19/h1-6H,(H,16,17). The number of rotatable bonds is 4. The molecule has 1 aromatic carbocycles. The molecule has 0 aliphatic carbocycles. The minimum absolute atomic E-state index is 0.00282. The highest BCUT2D eigenvalue weighted by molar-refractivity contribution is 7.99. The molecule has 0 saturated heterocycles. The van der Waals surface area contributed by atoms with Crippen molar-refractivity contribution in [1.29, 1.82) is 0 Å². The summed E-state index contributed by atoms with van der Waals surface area (Å²) in [6, 6.07) is 7.21. The first kappa shape index (κ1) is 14.3. The third-order valence-corrected chi connectivity index (χ3v) is 3.74. The van der Waals surface area contributed by atoms with E-state index in [2.05, 4.69) is 4.98 Å². The lowest BCUT2D eigenvalue weighted by Crippen LogP contribution is -1.97. The number of nitrogens with zero attached hydrogens (tertiary/aromatic N) is 2. The number of hydrogen-bond donors (Lipinski definition) is 1. The molecule has 0 amide bonds. The van der Waals surface area contributed by atoms with Crippen molar-refractivity contribution in [3.63, 3.8) is 0 Å². The van der Waals surface area contributed by atoms with E-state index >= 15 is 0 Å². The van der Waals surface area contributed by atoms with E-state index in [1.165, 1.54) is 36.2 Å². The maximum absolute atomic E-state index is 10.8. The number of carboxylic acid groups (broad SMARTS) is 1. The highest BCUT2D eigenvalue weighted by Crippen LogP contribution is 2.32. The number of carbonyl (C=O) groups is 1. The van der Waals surface area contributed by atoms with Crippen molar-refractivity contribution in [2.24, 2.45) is 0 Å². The average Bonchev–Trinajstić information content (AvgIpc) is 2.41. The number of carboxylic acids is 1. The predicted octanol–water partition coefficient (Wildman–Crippen LogP) is 3.49. The molecule has 0 aliphatic rings. The van der Waals surface area contributed by atoms with Gasteiger partial charge in [0.25, 0.3) is 5.69 Å². The number of non-ortho nitro benzene ring substituents is 1. The molecule has 0 fully saturated rings. The van der Waals surface area contributed by atoms with Gasteiger partial charge in [-0.15, -0.1) is 0 Å². The third-order valence-electron chi connectivity index (χ3n) is 2.32. The van der Waals surface area contributed by atoms with Gasteiger partial charge in [-0.3, -0.25) is 10.1 Å². The fourth-order valence-corrected chi connectivity index (χ4v) is 2.40. The SMILES string of the molecule is O=C(O)c1cnc(Sc2ccc([N+](=O)[O-])cc2)c(Cl)c1. The summed E-state index contributed by atoms with van der Waals surface area (Å²) in [5, 5.41) is 20.0. The molecule has 6 nitrogen and oxygen atoms in total. The van der Waals surface area contributed by atoms with Crippen molar-refractivity contribution in [3.8, 4) is 0 Å². The first-order valence-electron chi connectivity index (χ1n) is 5.28. The smallest absolute Gasteiger partial charge is 0.337 e. The summed E-state index contributed by atoms with van der Waals surface area (Å²) in [7, 11) is 0. The summed E-state index contributed by atoms with van der Waals surface area (Å²) < 4.78 is 0. The molecule has 0 spiro atoms. The maximum atomic E-state index is 10.8. The van der Waals surface area contributed by atoms with E-state index in [4.69, 9.17) is 16.7 Å². The van der Waals surface area contributed by atoms with E-state index in [0.29, 0.717) is 9.92 Å². The zero-order chi connectivity index (χ0) is 14.7. The molecule has 8 heteroatoms. The lowest BCUT2D eigenvalue weighted by atomic mass is 10.3. The normalized spacial score (nSPS) is 10.2. The quantitative estimate of drug-likeness (QED) is 0.686. The lowest BCUT2D eigenvalue weighted by Gasteiger charge is -2.04. The van der Waals surface area contributed by atoms with E-state index in [1.54, 1.807) is 12.1 Å². The molecule has 0 bridgehead atoms. The summed E-state index contributed by atoms with van der Waals surface area (Å²) in [4.78, 5) is 25.5. The molecule has 2 aromatic rings. The van der Waals surface area contributed by atoms with E-state index in [1.807, 2.05) is 0 Å². The monoisotopic (exact) mass is 310 g/mol. The van der Waals surface area contributed by atoms with Crippen LogP contribution in [0.1, 0.15) is 10.4 Å². The molecule has 0 radical (unpaired) electrons. The minimum atomic E-state index is -1.11. The summed E-state index contributed by atoms with van der Waals surface area (Å²) in [6.45, 7) is 0. The number of halogens is 1. The average molecular weight is 311 g/mol. The van der Waals surface area contributed by atoms with Crippen molar-refractivity contribution in [3.05, 3.63) is 57.2 Å². The van der Waals surface area contributed by atoms with Gasteiger partial charge in [-0.05, 0) is 18.2 Å². The Morgan fingerprint density at radius 3 is 2.50 bits per heavy atom. The van der Waals surface area contributed by atoms with E-state index in [9.17, 15) is 14.9 Å². The Labute approximate surface area is 122 Å². The molecule has 0 atom stereocenters. The molecule has 1 N–H and O–H groups in total. The molecular formula is C12H7ClN2O4S. The van der Waals surface area contributed by atoms with Crippen molar-refractivity contribution in [1.82, 2.24) is 4.98 Å². The van der Waals surface area contributed by atoms with Gasteiger partial charge >= 0.3 is 5.97 Å². The van der Waals surface area contributed by atoms with Crippen LogP contribution in [0.4, 0.5) is 5.69 Å². The first-order chi connectivity index (χ1) is 9.47. The van der Waals surface area contributed by atoms with Crippen LogP contribution in [0.25, 0.3) is 0 Å². The number of pyridine rings is 1. The molecule has 1 aromatic heterocycles. The predicted molar refractivity (Wildman–Crippen MR) is 73.4 cm³/mol. The number of nitro groups is 1. The third kappa shape index (κ3) is 3.25. The number of hydrogen-bond acceptors (Lipinski definition) is 5. The van der Waals surface area contributed by atoms with Crippen molar-refractivity contribution < 1.29 is 14.8 Å². The lowest BCUT2D eigenvalue weighted by molar-refractivity contribution is -0.384. The fraction of sp³-hybridized carbons (Fsp3) is 0. The summed E-state index contributed by atoms with van der Waals surface area (Å²) in [5.74, 6) is -1.11. The zero-order valence-electron chi connectivity index (χ0n) is 9.82. The van der Waals surface area contributed by atoms with Crippen molar-refractivity contribution >= 4 is 35.0 Å². The van der Waals surface area contributed by atoms with Gasteiger partial charge in [0.2, 0.25) is 0 Å². The van der Waals surface area contributed by atoms with Crippen LogP contribution in [-0.2, 0) is 0 Å². The fourth-order valence-electron chi connectivity index (χ4n) is 1.36. The van der Waals surface area contributed by atoms with Crippen LogP contribution >= 0.6 is 23.4 Å². The molecule has 0 aliphatic heterocycles. The van der Waals surface area contributed by atoms with Gasteiger partial charge in [-0.2, -0.15) is 0 Å². The molecule has 2 rings (SSSR count). The number of aromatic nitrogens is 1. The number of aromatic carboxylic acids is 1. The zero-order valence-corrected chi connectivity index (χ0v) is 11.4. The maximum Gasteiger partial charge on any atom is 0.337 e. The van der Waals surface area contributed by atoms with Gasteiger partial charge in [0, 0.05) is 23.2 Å². The summed E-state index contributed by atoms with van der Waals surface area (Å²) >= 11 is 7.15. The van der Waals surface area contributed by atoms with Crippen LogP contribution in [-0.4, -0.2) is 21.0 Å². The van der Waals surface area contributed by atoms with E-state index in [-0.39, 0.29) is 16.3 Å². The van der Waals surface area contributed by atoms with Gasteiger partial charge in [0.05, 0.1) is 15.5 Å².